The monoisotopic (exact) mass is 262 g/mol. The average Bonchev–Trinajstić information content (AvgIpc) is 2.72. The highest BCUT2D eigenvalue weighted by Crippen LogP contribution is 2.21. The van der Waals surface area contributed by atoms with Crippen molar-refractivity contribution in [3.63, 3.8) is 0 Å². The van der Waals surface area contributed by atoms with Crippen LogP contribution in [-0.2, 0) is 4.79 Å². The maximum atomic E-state index is 10.6. The summed E-state index contributed by atoms with van der Waals surface area (Å²) in [7, 11) is 0. The Hall–Kier alpha value is -1.75. The SMILES string of the molecule is Cc1cc(C)cc(-n2ccnc2SCC(=O)O)c1. The number of carboxylic acids is 1. The van der Waals surface area contributed by atoms with Gasteiger partial charge in [-0.25, -0.2) is 4.98 Å². The van der Waals surface area contributed by atoms with Crippen LogP contribution in [0.15, 0.2) is 35.7 Å². The molecule has 0 aliphatic carbocycles. The Balaban J connectivity index is 2.33. The minimum absolute atomic E-state index is 0.0157. The maximum absolute atomic E-state index is 10.6. The van der Waals surface area contributed by atoms with E-state index < -0.39 is 5.97 Å². The van der Waals surface area contributed by atoms with Crippen molar-refractivity contribution in [1.82, 2.24) is 9.55 Å². The fraction of sp³-hybridized carbons (Fsp3) is 0.231. The lowest BCUT2D eigenvalue weighted by molar-refractivity contribution is -0.133. The molecule has 0 radical (unpaired) electrons. The number of imidazole rings is 1. The first-order valence-corrected chi connectivity index (χ1v) is 6.51. The fourth-order valence-corrected chi connectivity index (χ4v) is 2.50. The summed E-state index contributed by atoms with van der Waals surface area (Å²) >= 11 is 1.22. The highest BCUT2D eigenvalue weighted by Gasteiger charge is 2.08. The van der Waals surface area contributed by atoms with Crippen molar-refractivity contribution in [2.24, 2.45) is 0 Å². The predicted molar refractivity (Wildman–Crippen MR) is 71.4 cm³/mol. The number of hydrogen-bond donors (Lipinski definition) is 1. The molecule has 94 valence electrons. The van der Waals surface area contributed by atoms with E-state index in [2.05, 4.69) is 23.2 Å². The lowest BCUT2D eigenvalue weighted by atomic mass is 10.1. The zero-order valence-electron chi connectivity index (χ0n) is 10.3. The first-order valence-electron chi connectivity index (χ1n) is 5.53. The van der Waals surface area contributed by atoms with E-state index in [-0.39, 0.29) is 5.75 Å². The van der Waals surface area contributed by atoms with E-state index in [4.69, 9.17) is 5.11 Å². The summed E-state index contributed by atoms with van der Waals surface area (Å²) in [5, 5.41) is 9.40. The molecule has 0 fully saturated rings. The summed E-state index contributed by atoms with van der Waals surface area (Å²) in [6.07, 6.45) is 3.53. The minimum Gasteiger partial charge on any atom is -0.481 e. The molecule has 0 aliphatic rings. The van der Waals surface area contributed by atoms with Gasteiger partial charge in [-0.2, -0.15) is 0 Å². The Bertz CT molecular complexity index is 558. The van der Waals surface area contributed by atoms with Crippen molar-refractivity contribution in [3.8, 4) is 5.69 Å². The molecule has 2 rings (SSSR count). The number of hydrogen-bond acceptors (Lipinski definition) is 3. The minimum atomic E-state index is -0.838. The summed E-state index contributed by atoms with van der Waals surface area (Å²) < 4.78 is 1.91. The summed E-state index contributed by atoms with van der Waals surface area (Å²) in [5.74, 6) is -0.822. The maximum Gasteiger partial charge on any atom is 0.313 e. The van der Waals surface area contributed by atoms with Crippen molar-refractivity contribution in [2.45, 2.75) is 19.0 Å². The molecule has 5 heteroatoms. The van der Waals surface area contributed by atoms with Crippen LogP contribution in [0.2, 0.25) is 0 Å². The molecule has 0 saturated heterocycles. The molecule has 1 aromatic heterocycles. The van der Waals surface area contributed by atoms with Crippen LogP contribution in [0, 0.1) is 13.8 Å². The van der Waals surface area contributed by atoms with Crippen LogP contribution in [-0.4, -0.2) is 26.4 Å². The zero-order chi connectivity index (χ0) is 13.1. The molecule has 0 saturated carbocycles. The molecule has 1 aromatic carbocycles. The number of benzene rings is 1. The van der Waals surface area contributed by atoms with Crippen LogP contribution in [0.5, 0.6) is 0 Å². The van der Waals surface area contributed by atoms with Crippen LogP contribution in [0.4, 0.5) is 0 Å². The second-order valence-electron chi connectivity index (χ2n) is 4.11. The van der Waals surface area contributed by atoms with Gasteiger partial charge in [-0.1, -0.05) is 17.8 Å². The Kier molecular flexibility index (Phi) is 3.72. The van der Waals surface area contributed by atoms with Gasteiger partial charge in [0.15, 0.2) is 5.16 Å². The zero-order valence-corrected chi connectivity index (χ0v) is 11.1. The molecule has 0 atom stereocenters. The number of carboxylic acid groups (broad SMARTS) is 1. The molecule has 0 unspecified atom stereocenters. The number of rotatable bonds is 4. The summed E-state index contributed by atoms with van der Waals surface area (Å²) in [6.45, 7) is 4.08. The second-order valence-corrected chi connectivity index (χ2v) is 5.05. The van der Waals surface area contributed by atoms with Crippen molar-refractivity contribution < 1.29 is 9.90 Å². The van der Waals surface area contributed by atoms with E-state index in [1.807, 2.05) is 24.6 Å². The van der Waals surface area contributed by atoms with Gasteiger partial charge in [0.05, 0.1) is 5.75 Å². The van der Waals surface area contributed by atoms with E-state index in [1.54, 1.807) is 6.20 Å². The summed E-state index contributed by atoms with van der Waals surface area (Å²) in [4.78, 5) is 14.8. The van der Waals surface area contributed by atoms with Crippen molar-refractivity contribution in [1.29, 1.82) is 0 Å². The third-order valence-electron chi connectivity index (χ3n) is 2.42. The van der Waals surface area contributed by atoms with Crippen LogP contribution in [0.25, 0.3) is 5.69 Å². The Labute approximate surface area is 110 Å². The highest BCUT2D eigenvalue weighted by molar-refractivity contribution is 7.99. The van der Waals surface area contributed by atoms with Crippen molar-refractivity contribution >= 4 is 17.7 Å². The summed E-state index contributed by atoms with van der Waals surface area (Å²) in [6, 6.07) is 6.21. The third-order valence-corrected chi connectivity index (χ3v) is 3.37. The number of thioether (sulfide) groups is 1. The van der Waals surface area contributed by atoms with Crippen LogP contribution < -0.4 is 0 Å². The molecule has 2 aromatic rings. The Morgan fingerprint density at radius 1 is 1.33 bits per heavy atom. The molecule has 1 N–H and O–H groups in total. The lowest BCUT2D eigenvalue weighted by Crippen LogP contribution is -2.01. The van der Waals surface area contributed by atoms with Gasteiger partial charge in [0.2, 0.25) is 0 Å². The van der Waals surface area contributed by atoms with E-state index in [0.29, 0.717) is 5.16 Å². The largest absolute Gasteiger partial charge is 0.481 e. The van der Waals surface area contributed by atoms with Gasteiger partial charge in [-0.3, -0.25) is 9.36 Å². The first kappa shape index (κ1) is 12.7. The Morgan fingerprint density at radius 2 is 2.00 bits per heavy atom. The standard InChI is InChI=1S/C13H14N2O2S/c1-9-5-10(2)7-11(6-9)15-4-3-14-13(15)18-8-12(16)17/h3-7H,8H2,1-2H3,(H,16,17). The van der Waals surface area contributed by atoms with Gasteiger partial charge in [0.1, 0.15) is 0 Å². The molecular weight excluding hydrogens is 248 g/mol. The topological polar surface area (TPSA) is 55.1 Å². The van der Waals surface area contributed by atoms with Gasteiger partial charge in [0, 0.05) is 18.1 Å². The molecule has 4 nitrogen and oxygen atoms in total. The van der Waals surface area contributed by atoms with E-state index in [0.717, 1.165) is 5.69 Å². The van der Waals surface area contributed by atoms with Gasteiger partial charge in [-0.15, -0.1) is 0 Å². The van der Waals surface area contributed by atoms with Gasteiger partial charge < -0.3 is 5.11 Å². The van der Waals surface area contributed by atoms with E-state index >= 15 is 0 Å². The molecule has 0 aliphatic heterocycles. The number of aliphatic carboxylic acids is 1. The van der Waals surface area contributed by atoms with Crippen LogP contribution in [0.3, 0.4) is 0 Å². The molecular formula is C13H14N2O2S. The predicted octanol–water partition coefficient (Wildman–Crippen LogP) is 2.67. The quantitative estimate of drug-likeness (QED) is 0.861. The van der Waals surface area contributed by atoms with Crippen molar-refractivity contribution in [3.05, 3.63) is 41.7 Å². The second kappa shape index (κ2) is 5.27. The number of aryl methyl sites for hydroxylation is 2. The molecule has 0 spiro atoms. The van der Waals surface area contributed by atoms with E-state index in [1.165, 1.54) is 22.9 Å². The van der Waals surface area contributed by atoms with Gasteiger partial charge in [0.25, 0.3) is 0 Å². The fourth-order valence-electron chi connectivity index (χ4n) is 1.81. The smallest absolute Gasteiger partial charge is 0.313 e. The lowest BCUT2D eigenvalue weighted by Gasteiger charge is -2.09. The number of aromatic nitrogens is 2. The van der Waals surface area contributed by atoms with Gasteiger partial charge in [-0.05, 0) is 37.1 Å². The number of carbonyl (C=O) groups is 1. The van der Waals surface area contributed by atoms with Crippen molar-refractivity contribution in [2.75, 3.05) is 5.75 Å². The normalized spacial score (nSPS) is 10.6. The van der Waals surface area contributed by atoms with Crippen LogP contribution in [0.1, 0.15) is 11.1 Å². The Morgan fingerprint density at radius 3 is 2.61 bits per heavy atom. The van der Waals surface area contributed by atoms with E-state index in [9.17, 15) is 4.79 Å². The number of nitrogens with zero attached hydrogens (tertiary/aromatic N) is 2. The summed E-state index contributed by atoms with van der Waals surface area (Å²) in [5.41, 5.74) is 3.36. The molecule has 0 bridgehead atoms. The molecule has 1 heterocycles. The molecule has 0 amide bonds. The highest BCUT2D eigenvalue weighted by atomic mass is 32.2. The average molecular weight is 262 g/mol. The first-order chi connectivity index (χ1) is 8.56. The van der Waals surface area contributed by atoms with Crippen LogP contribution >= 0.6 is 11.8 Å². The third kappa shape index (κ3) is 2.92. The van der Waals surface area contributed by atoms with Gasteiger partial charge >= 0.3 is 5.97 Å². The molecule has 18 heavy (non-hydrogen) atoms.